The maximum absolute atomic E-state index is 11.8. The van der Waals surface area contributed by atoms with Crippen LogP contribution in [-0.4, -0.2) is 29.4 Å². The summed E-state index contributed by atoms with van der Waals surface area (Å²) < 4.78 is 0. The van der Waals surface area contributed by atoms with Crippen LogP contribution in [0.3, 0.4) is 0 Å². The number of aliphatic hydroxyl groups excluding tert-OH is 1. The first-order chi connectivity index (χ1) is 8.54. The molecule has 0 heterocycles. The molecule has 18 heavy (non-hydrogen) atoms. The average Bonchev–Trinajstić information content (AvgIpc) is 2.36. The van der Waals surface area contributed by atoms with E-state index in [0.717, 1.165) is 10.6 Å². The van der Waals surface area contributed by atoms with Crippen LogP contribution in [0.15, 0.2) is 29.2 Å². The Kier molecular flexibility index (Phi) is 6.22. The van der Waals surface area contributed by atoms with Gasteiger partial charge in [0.25, 0.3) is 5.91 Å². The molecule has 0 aliphatic rings. The Labute approximate surface area is 113 Å². The van der Waals surface area contributed by atoms with Crippen molar-refractivity contribution in [2.45, 2.75) is 31.8 Å². The van der Waals surface area contributed by atoms with E-state index in [2.05, 4.69) is 12.2 Å². The van der Waals surface area contributed by atoms with Gasteiger partial charge in [0.1, 0.15) is 0 Å². The average molecular weight is 267 g/mol. The van der Waals surface area contributed by atoms with Crippen molar-refractivity contribution in [1.82, 2.24) is 5.32 Å². The molecular weight excluding hydrogens is 246 g/mol. The second kappa shape index (κ2) is 7.44. The van der Waals surface area contributed by atoms with Gasteiger partial charge in [-0.05, 0) is 35.9 Å². The van der Waals surface area contributed by atoms with Crippen LogP contribution in [0.1, 0.15) is 31.1 Å². The normalized spacial score (nSPS) is 12.5. The summed E-state index contributed by atoms with van der Waals surface area (Å²) in [6.45, 7) is 6.24. The molecule has 0 saturated carbocycles. The van der Waals surface area contributed by atoms with E-state index in [1.165, 1.54) is 0 Å². The molecule has 1 aromatic carbocycles. The Hall–Kier alpha value is -1.00. The fraction of sp³-hybridized carbons (Fsp3) is 0.500. The van der Waals surface area contributed by atoms with Crippen LogP contribution in [0.4, 0.5) is 0 Å². The standard InChI is InChI=1S/C14H21NO2S/c1-4-18-12-7-5-11(6-8-12)14(17)15-9-13(16)10(2)3/h5-8,10,13,16H,4,9H2,1-3H3,(H,15,17). The van der Waals surface area contributed by atoms with Crippen molar-refractivity contribution in [2.75, 3.05) is 12.3 Å². The number of benzene rings is 1. The molecule has 0 bridgehead atoms. The van der Waals surface area contributed by atoms with Gasteiger partial charge >= 0.3 is 0 Å². The third-order valence-corrected chi connectivity index (χ3v) is 3.56. The molecule has 100 valence electrons. The molecule has 0 spiro atoms. The van der Waals surface area contributed by atoms with Crippen LogP contribution in [0, 0.1) is 5.92 Å². The predicted octanol–water partition coefficient (Wildman–Crippen LogP) is 2.55. The van der Waals surface area contributed by atoms with E-state index in [1.807, 2.05) is 38.1 Å². The van der Waals surface area contributed by atoms with Gasteiger partial charge in [-0.25, -0.2) is 0 Å². The van der Waals surface area contributed by atoms with Crippen LogP contribution in [0.2, 0.25) is 0 Å². The van der Waals surface area contributed by atoms with Gasteiger partial charge in [0, 0.05) is 17.0 Å². The highest BCUT2D eigenvalue weighted by molar-refractivity contribution is 7.99. The lowest BCUT2D eigenvalue weighted by atomic mass is 10.1. The fourth-order valence-electron chi connectivity index (χ4n) is 1.40. The Balaban J connectivity index is 2.51. The smallest absolute Gasteiger partial charge is 0.251 e. The summed E-state index contributed by atoms with van der Waals surface area (Å²) in [5, 5.41) is 12.4. The maximum Gasteiger partial charge on any atom is 0.251 e. The molecule has 1 atom stereocenters. The molecule has 0 aliphatic heterocycles. The van der Waals surface area contributed by atoms with Gasteiger partial charge in [-0.2, -0.15) is 0 Å². The Morgan fingerprint density at radius 3 is 2.44 bits per heavy atom. The fourth-order valence-corrected chi connectivity index (χ4v) is 2.07. The number of hydrogen-bond acceptors (Lipinski definition) is 3. The van der Waals surface area contributed by atoms with Crippen molar-refractivity contribution >= 4 is 17.7 Å². The highest BCUT2D eigenvalue weighted by Gasteiger charge is 2.11. The predicted molar refractivity (Wildman–Crippen MR) is 76.0 cm³/mol. The summed E-state index contributed by atoms with van der Waals surface area (Å²) in [7, 11) is 0. The molecule has 0 aromatic heterocycles. The number of thioether (sulfide) groups is 1. The van der Waals surface area contributed by atoms with Gasteiger partial charge in [-0.15, -0.1) is 11.8 Å². The van der Waals surface area contributed by atoms with Gasteiger partial charge in [-0.3, -0.25) is 4.79 Å². The molecule has 1 amide bonds. The minimum absolute atomic E-state index is 0.136. The summed E-state index contributed by atoms with van der Waals surface area (Å²) in [5.74, 6) is 1.03. The third-order valence-electron chi connectivity index (χ3n) is 2.67. The van der Waals surface area contributed by atoms with Crippen molar-refractivity contribution in [3.63, 3.8) is 0 Å². The van der Waals surface area contributed by atoms with Crippen molar-refractivity contribution in [1.29, 1.82) is 0 Å². The summed E-state index contributed by atoms with van der Waals surface area (Å²) in [4.78, 5) is 13.0. The highest BCUT2D eigenvalue weighted by atomic mass is 32.2. The number of hydrogen-bond donors (Lipinski definition) is 2. The molecule has 0 aliphatic carbocycles. The molecule has 0 fully saturated rings. The number of rotatable bonds is 6. The Morgan fingerprint density at radius 2 is 1.94 bits per heavy atom. The second-order valence-corrected chi connectivity index (χ2v) is 5.82. The summed E-state index contributed by atoms with van der Waals surface area (Å²) >= 11 is 1.75. The number of nitrogens with one attached hydrogen (secondary N) is 1. The van der Waals surface area contributed by atoms with Gasteiger partial charge < -0.3 is 10.4 Å². The lowest BCUT2D eigenvalue weighted by molar-refractivity contribution is 0.0871. The first kappa shape index (κ1) is 15.1. The van der Waals surface area contributed by atoms with E-state index in [9.17, 15) is 9.90 Å². The lowest BCUT2D eigenvalue weighted by Crippen LogP contribution is -2.34. The van der Waals surface area contributed by atoms with Gasteiger partial charge in [0.15, 0.2) is 0 Å². The Bertz CT molecular complexity index is 376. The number of aliphatic hydroxyl groups is 1. The van der Waals surface area contributed by atoms with E-state index < -0.39 is 6.10 Å². The lowest BCUT2D eigenvalue weighted by Gasteiger charge is -2.15. The maximum atomic E-state index is 11.8. The molecule has 2 N–H and O–H groups in total. The summed E-state index contributed by atoms with van der Waals surface area (Å²) in [6, 6.07) is 7.52. The van der Waals surface area contributed by atoms with E-state index in [-0.39, 0.29) is 11.8 Å². The number of carbonyl (C=O) groups excluding carboxylic acids is 1. The minimum atomic E-state index is -0.496. The van der Waals surface area contributed by atoms with Crippen LogP contribution in [0.5, 0.6) is 0 Å². The SMILES string of the molecule is CCSc1ccc(C(=O)NCC(O)C(C)C)cc1. The zero-order valence-corrected chi connectivity index (χ0v) is 12.0. The zero-order chi connectivity index (χ0) is 13.5. The number of carbonyl (C=O) groups is 1. The highest BCUT2D eigenvalue weighted by Crippen LogP contribution is 2.17. The molecule has 1 aromatic rings. The monoisotopic (exact) mass is 267 g/mol. The van der Waals surface area contributed by atoms with E-state index in [0.29, 0.717) is 12.1 Å². The van der Waals surface area contributed by atoms with E-state index in [1.54, 1.807) is 11.8 Å². The van der Waals surface area contributed by atoms with Crippen LogP contribution in [-0.2, 0) is 0 Å². The molecule has 4 heteroatoms. The zero-order valence-electron chi connectivity index (χ0n) is 11.1. The second-order valence-electron chi connectivity index (χ2n) is 4.48. The van der Waals surface area contributed by atoms with Crippen molar-refractivity contribution in [3.05, 3.63) is 29.8 Å². The van der Waals surface area contributed by atoms with Crippen LogP contribution < -0.4 is 5.32 Å². The van der Waals surface area contributed by atoms with Gasteiger partial charge in [0.2, 0.25) is 0 Å². The first-order valence-corrected chi connectivity index (χ1v) is 7.22. The first-order valence-electron chi connectivity index (χ1n) is 6.23. The minimum Gasteiger partial charge on any atom is -0.391 e. The molecule has 0 radical (unpaired) electrons. The summed E-state index contributed by atoms with van der Waals surface area (Å²) in [6.07, 6.45) is -0.496. The molecular formula is C14H21NO2S. The van der Waals surface area contributed by atoms with Crippen LogP contribution >= 0.6 is 11.8 Å². The largest absolute Gasteiger partial charge is 0.391 e. The molecule has 0 saturated heterocycles. The quantitative estimate of drug-likeness (QED) is 0.779. The van der Waals surface area contributed by atoms with Crippen molar-refractivity contribution < 1.29 is 9.90 Å². The molecule has 3 nitrogen and oxygen atoms in total. The van der Waals surface area contributed by atoms with E-state index >= 15 is 0 Å². The van der Waals surface area contributed by atoms with Gasteiger partial charge in [0.05, 0.1) is 6.10 Å². The van der Waals surface area contributed by atoms with E-state index in [4.69, 9.17) is 0 Å². The Morgan fingerprint density at radius 1 is 1.33 bits per heavy atom. The van der Waals surface area contributed by atoms with Gasteiger partial charge in [-0.1, -0.05) is 20.8 Å². The summed E-state index contributed by atoms with van der Waals surface area (Å²) in [5.41, 5.74) is 0.631. The molecule has 1 rings (SSSR count). The van der Waals surface area contributed by atoms with Crippen molar-refractivity contribution in [3.8, 4) is 0 Å². The number of amides is 1. The van der Waals surface area contributed by atoms with Crippen molar-refractivity contribution in [2.24, 2.45) is 5.92 Å². The third kappa shape index (κ3) is 4.70. The topological polar surface area (TPSA) is 49.3 Å². The van der Waals surface area contributed by atoms with Crippen LogP contribution in [0.25, 0.3) is 0 Å². The molecule has 1 unspecified atom stereocenters.